The third-order valence-corrected chi connectivity index (χ3v) is 4.48. The Hall–Kier alpha value is -1.47. The van der Waals surface area contributed by atoms with Crippen molar-refractivity contribution in [1.29, 1.82) is 5.26 Å². The molecule has 2 rings (SSSR count). The fourth-order valence-electron chi connectivity index (χ4n) is 3.08. The molecule has 0 aliphatic heterocycles. The highest BCUT2D eigenvalue weighted by Crippen LogP contribution is 2.26. The minimum Gasteiger partial charge on any atom is -0.310 e. The minimum atomic E-state index is -0.646. The lowest BCUT2D eigenvalue weighted by atomic mass is 9.93. The smallest absolute Gasteiger partial charge is 0.131 e. The highest BCUT2D eigenvalue weighted by atomic mass is 19.1. The van der Waals surface area contributed by atoms with E-state index in [1.165, 1.54) is 38.5 Å². The summed E-state index contributed by atoms with van der Waals surface area (Å²) in [5.41, 5.74) is 0.0417. The summed E-state index contributed by atoms with van der Waals surface area (Å²) in [6, 6.07) is 4.19. The molecule has 1 aliphatic rings. The van der Waals surface area contributed by atoms with Crippen LogP contribution < -0.4 is 5.32 Å². The van der Waals surface area contributed by atoms with Crippen molar-refractivity contribution in [2.24, 2.45) is 5.92 Å². The van der Waals surface area contributed by atoms with Gasteiger partial charge in [0.25, 0.3) is 0 Å². The molecule has 0 aromatic heterocycles. The van der Waals surface area contributed by atoms with E-state index in [1.54, 1.807) is 6.07 Å². The molecule has 1 atom stereocenters. The molecule has 114 valence electrons. The Morgan fingerprint density at radius 2 is 1.76 bits per heavy atom. The van der Waals surface area contributed by atoms with Gasteiger partial charge in [-0.3, -0.25) is 0 Å². The molecule has 0 heterocycles. The van der Waals surface area contributed by atoms with E-state index in [0.717, 1.165) is 12.1 Å². The van der Waals surface area contributed by atoms with Gasteiger partial charge in [-0.2, -0.15) is 5.26 Å². The third kappa shape index (κ3) is 4.25. The van der Waals surface area contributed by atoms with Gasteiger partial charge in [-0.05, 0) is 37.8 Å². The van der Waals surface area contributed by atoms with Crippen LogP contribution in [0.15, 0.2) is 12.1 Å². The Morgan fingerprint density at radius 1 is 1.19 bits per heavy atom. The predicted molar refractivity (Wildman–Crippen MR) is 78.6 cm³/mol. The van der Waals surface area contributed by atoms with E-state index >= 15 is 0 Å². The van der Waals surface area contributed by atoms with Crippen LogP contribution in [0, 0.1) is 28.9 Å². The molecule has 0 amide bonds. The average molecular weight is 292 g/mol. The monoisotopic (exact) mass is 292 g/mol. The maximum Gasteiger partial charge on any atom is 0.131 e. The van der Waals surface area contributed by atoms with Crippen molar-refractivity contribution in [3.63, 3.8) is 0 Å². The molecule has 1 aromatic carbocycles. The van der Waals surface area contributed by atoms with Crippen LogP contribution in [0.5, 0.6) is 0 Å². The summed E-state index contributed by atoms with van der Waals surface area (Å²) in [6.45, 7) is 2.26. The lowest BCUT2D eigenvalue weighted by molar-refractivity contribution is 0.333. The Balaban J connectivity index is 1.97. The predicted octanol–water partition coefficient (Wildman–Crippen LogP) is 4.28. The standard InChI is InChI=1S/C17H22F2N2/c1-12(14-6-4-2-3-5-7-14)21-11-15-16(18)8-13(10-20)9-17(15)19/h8-9,12,14,21H,2-7,11H2,1H3/t12-/m1/s1. The second-order valence-corrected chi connectivity index (χ2v) is 5.95. The van der Waals surface area contributed by atoms with Crippen LogP contribution in [0.3, 0.4) is 0 Å². The highest BCUT2D eigenvalue weighted by molar-refractivity contribution is 5.34. The summed E-state index contributed by atoms with van der Waals surface area (Å²) < 4.78 is 27.6. The van der Waals surface area contributed by atoms with Crippen LogP contribution in [0.4, 0.5) is 8.78 Å². The Bertz CT molecular complexity index is 491. The number of nitrogens with zero attached hydrogens (tertiary/aromatic N) is 1. The first-order valence-electron chi connectivity index (χ1n) is 7.73. The van der Waals surface area contributed by atoms with Gasteiger partial charge < -0.3 is 5.32 Å². The molecule has 1 fully saturated rings. The average Bonchev–Trinajstić information content (AvgIpc) is 2.75. The van der Waals surface area contributed by atoms with Crippen LogP contribution in [-0.2, 0) is 6.54 Å². The molecule has 1 aliphatic carbocycles. The molecule has 1 aromatic rings. The first-order valence-corrected chi connectivity index (χ1v) is 7.73. The highest BCUT2D eigenvalue weighted by Gasteiger charge is 2.20. The normalized spacial score (nSPS) is 18.0. The minimum absolute atomic E-state index is 0.0190. The van der Waals surface area contributed by atoms with Crippen LogP contribution in [-0.4, -0.2) is 6.04 Å². The number of nitriles is 1. The summed E-state index contributed by atoms with van der Waals surface area (Å²) in [5, 5.41) is 11.9. The zero-order valence-corrected chi connectivity index (χ0v) is 12.5. The van der Waals surface area contributed by atoms with Crippen LogP contribution in [0.2, 0.25) is 0 Å². The van der Waals surface area contributed by atoms with Gasteiger partial charge in [0.15, 0.2) is 0 Å². The molecule has 0 spiro atoms. The van der Waals surface area contributed by atoms with Gasteiger partial charge in [-0.25, -0.2) is 8.78 Å². The summed E-state index contributed by atoms with van der Waals surface area (Å²) in [4.78, 5) is 0. The van der Waals surface area contributed by atoms with Crippen molar-refractivity contribution in [2.45, 2.75) is 58.0 Å². The van der Waals surface area contributed by atoms with E-state index in [-0.39, 0.29) is 23.7 Å². The van der Waals surface area contributed by atoms with Gasteiger partial charge in [0.05, 0.1) is 11.6 Å². The molecule has 0 radical (unpaired) electrons. The Morgan fingerprint density at radius 3 is 2.29 bits per heavy atom. The molecule has 21 heavy (non-hydrogen) atoms. The van der Waals surface area contributed by atoms with E-state index in [1.807, 2.05) is 0 Å². The number of rotatable bonds is 4. The number of nitrogens with one attached hydrogen (secondary N) is 1. The first kappa shape index (κ1) is 15.9. The van der Waals surface area contributed by atoms with Gasteiger partial charge in [-0.1, -0.05) is 25.7 Å². The molecule has 2 nitrogen and oxygen atoms in total. The zero-order valence-electron chi connectivity index (χ0n) is 12.5. The molecule has 1 N–H and O–H groups in total. The Kier molecular flexibility index (Phi) is 5.69. The molecular formula is C17H22F2N2. The number of halogens is 2. The zero-order chi connectivity index (χ0) is 15.2. The van der Waals surface area contributed by atoms with E-state index in [9.17, 15) is 8.78 Å². The SMILES string of the molecule is C[C@@H](NCc1c(F)cc(C#N)cc1F)C1CCCCCC1. The largest absolute Gasteiger partial charge is 0.310 e. The van der Waals surface area contributed by atoms with Crippen LogP contribution >= 0.6 is 0 Å². The summed E-state index contributed by atoms with van der Waals surface area (Å²) in [6.07, 6.45) is 7.45. The quantitative estimate of drug-likeness (QED) is 0.841. The topological polar surface area (TPSA) is 35.8 Å². The molecule has 1 saturated carbocycles. The molecular weight excluding hydrogens is 270 g/mol. The third-order valence-electron chi connectivity index (χ3n) is 4.48. The van der Waals surface area contributed by atoms with Crippen molar-refractivity contribution < 1.29 is 8.78 Å². The number of hydrogen-bond donors (Lipinski definition) is 1. The lowest BCUT2D eigenvalue weighted by Gasteiger charge is -2.24. The second-order valence-electron chi connectivity index (χ2n) is 5.95. The van der Waals surface area contributed by atoms with Crippen molar-refractivity contribution in [1.82, 2.24) is 5.32 Å². The van der Waals surface area contributed by atoms with Gasteiger partial charge in [-0.15, -0.1) is 0 Å². The van der Waals surface area contributed by atoms with E-state index < -0.39 is 11.6 Å². The van der Waals surface area contributed by atoms with E-state index in [2.05, 4.69) is 12.2 Å². The second kappa shape index (κ2) is 7.51. The van der Waals surface area contributed by atoms with Crippen LogP contribution in [0.1, 0.15) is 56.6 Å². The van der Waals surface area contributed by atoms with E-state index in [4.69, 9.17) is 5.26 Å². The van der Waals surface area contributed by atoms with Gasteiger partial charge >= 0.3 is 0 Å². The first-order chi connectivity index (χ1) is 10.1. The van der Waals surface area contributed by atoms with Crippen molar-refractivity contribution in [3.8, 4) is 6.07 Å². The lowest BCUT2D eigenvalue weighted by Crippen LogP contribution is -2.33. The number of hydrogen-bond acceptors (Lipinski definition) is 2. The van der Waals surface area contributed by atoms with Crippen molar-refractivity contribution in [3.05, 3.63) is 34.9 Å². The molecule has 0 bridgehead atoms. The van der Waals surface area contributed by atoms with E-state index in [0.29, 0.717) is 5.92 Å². The molecule has 0 saturated heterocycles. The molecule has 4 heteroatoms. The summed E-state index contributed by atoms with van der Waals surface area (Å²) in [5.74, 6) is -0.712. The van der Waals surface area contributed by atoms with Gasteiger partial charge in [0.2, 0.25) is 0 Å². The van der Waals surface area contributed by atoms with Gasteiger partial charge in [0.1, 0.15) is 11.6 Å². The van der Waals surface area contributed by atoms with Gasteiger partial charge in [0, 0.05) is 18.2 Å². The Labute approximate surface area is 125 Å². The summed E-state index contributed by atoms with van der Waals surface area (Å²) in [7, 11) is 0. The molecule has 0 unspecified atom stereocenters. The maximum absolute atomic E-state index is 13.8. The number of benzene rings is 1. The van der Waals surface area contributed by atoms with Crippen LogP contribution in [0.25, 0.3) is 0 Å². The maximum atomic E-state index is 13.8. The summed E-state index contributed by atoms with van der Waals surface area (Å²) >= 11 is 0. The van der Waals surface area contributed by atoms with Crippen molar-refractivity contribution >= 4 is 0 Å². The van der Waals surface area contributed by atoms with Crippen molar-refractivity contribution in [2.75, 3.05) is 0 Å². The fourth-order valence-corrected chi connectivity index (χ4v) is 3.08. The fraction of sp³-hybridized carbons (Fsp3) is 0.588.